The van der Waals surface area contributed by atoms with Gasteiger partial charge in [0.25, 0.3) is 0 Å². The Bertz CT molecular complexity index is 289. The van der Waals surface area contributed by atoms with Gasteiger partial charge in [-0.2, -0.15) is 5.26 Å². The zero-order chi connectivity index (χ0) is 12.2. The van der Waals surface area contributed by atoms with E-state index in [-0.39, 0.29) is 11.3 Å². The highest BCUT2D eigenvalue weighted by atomic mass is 16.2. The third kappa shape index (κ3) is 2.96. The van der Waals surface area contributed by atoms with Gasteiger partial charge in [0.15, 0.2) is 0 Å². The summed E-state index contributed by atoms with van der Waals surface area (Å²) >= 11 is 0. The highest BCUT2D eigenvalue weighted by molar-refractivity contribution is 5.85. The molecule has 0 aromatic heterocycles. The van der Waals surface area contributed by atoms with Crippen LogP contribution in [-0.2, 0) is 4.79 Å². The molecule has 4 heteroatoms. The Morgan fingerprint density at radius 2 is 2.19 bits per heavy atom. The molecule has 90 valence electrons. The van der Waals surface area contributed by atoms with Gasteiger partial charge in [-0.05, 0) is 18.8 Å². The van der Waals surface area contributed by atoms with Crippen LogP contribution >= 0.6 is 0 Å². The van der Waals surface area contributed by atoms with Gasteiger partial charge in [-0.3, -0.25) is 4.79 Å². The highest BCUT2D eigenvalue weighted by Gasteiger charge is 2.50. The first-order valence-electron chi connectivity index (χ1n) is 5.92. The van der Waals surface area contributed by atoms with Crippen molar-refractivity contribution in [3.05, 3.63) is 0 Å². The van der Waals surface area contributed by atoms with E-state index in [0.29, 0.717) is 25.4 Å². The zero-order valence-corrected chi connectivity index (χ0v) is 10.2. The number of hydrogen-bond donors (Lipinski definition) is 1. The fraction of sp³-hybridized carbons (Fsp3) is 0.833. The maximum absolute atomic E-state index is 12.2. The summed E-state index contributed by atoms with van der Waals surface area (Å²) in [6.45, 7) is 5.86. The molecule has 0 saturated heterocycles. The molecule has 2 N–H and O–H groups in total. The van der Waals surface area contributed by atoms with Gasteiger partial charge >= 0.3 is 0 Å². The van der Waals surface area contributed by atoms with E-state index >= 15 is 0 Å². The van der Waals surface area contributed by atoms with Crippen LogP contribution in [0.1, 0.15) is 33.1 Å². The van der Waals surface area contributed by atoms with Crippen molar-refractivity contribution in [2.75, 3.05) is 19.6 Å². The Labute approximate surface area is 97.4 Å². The van der Waals surface area contributed by atoms with Gasteiger partial charge in [0.2, 0.25) is 5.91 Å². The topological polar surface area (TPSA) is 70.1 Å². The predicted molar refractivity (Wildman–Crippen MR) is 62.4 cm³/mol. The minimum atomic E-state index is -0.287. The van der Waals surface area contributed by atoms with Crippen molar-refractivity contribution >= 4 is 5.91 Å². The van der Waals surface area contributed by atoms with Crippen molar-refractivity contribution in [1.82, 2.24) is 4.90 Å². The second-order valence-electron chi connectivity index (χ2n) is 5.04. The van der Waals surface area contributed by atoms with E-state index < -0.39 is 0 Å². The number of carbonyl (C=O) groups excluding carboxylic acids is 1. The summed E-state index contributed by atoms with van der Waals surface area (Å²) in [6, 6.07) is 2.09. The van der Waals surface area contributed by atoms with Crippen molar-refractivity contribution in [2.45, 2.75) is 33.1 Å². The summed E-state index contributed by atoms with van der Waals surface area (Å²) in [7, 11) is 0. The van der Waals surface area contributed by atoms with E-state index in [2.05, 4.69) is 19.9 Å². The standard InChI is InChI=1S/C12H21N3O/c1-10(2)8-15(7-3-6-13)11(16)12(9-14)4-5-12/h10H,3-5,7-9,14H2,1-2H3. The average Bonchev–Trinajstić information content (AvgIpc) is 3.03. The molecule has 0 unspecified atom stereocenters. The molecule has 0 bridgehead atoms. The Morgan fingerprint density at radius 3 is 2.56 bits per heavy atom. The summed E-state index contributed by atoms with van der Waals surface area (Å²) in [6.07, 6.45) is 2.21. The Balaban J connectivity index is 2.61. The van der Waals surface area contributed by atoms with Crippen LogP contribution in [0.15, 0.2) is 0 Å². The molecule has 0 heterocycles. The third-order valence-electron chi connectivity index (χ3n) is 3.06. The second-order valence-corrected chi connectivity index (χ2v) is 5.04. The summed E-state index contributed by atoms with van der Waals surface area (Å²) in [4.78, 5) is 14.0. The van der Waals surface area contributed by atoms with Crippen LogP contribution in [-0.4, -0.2) is 30.4 Å². The van der Waals surface area contributed by atoms with Crippen molar-refractivity contribution < 1.29 is 4.79 Å². The van der Waals surface area contributed by atoms with Crippen LogP contribution in [0.25, 0.3) is 0 Å². The quantitative estimate of drug-likeness (QED) is 0.733. The third-order valence-corrected chi connectivity index (χ3v) is 3.06. The summed E-state index contributed by atoms with van der Waals surface area (Å²) in [5.74, 6) is 0.579. The molecule has 1 aliphatic carbocycles. The van der Waals surface area contributed by atoms with Gasteiger partial charge in [-0.15, -0.1) is 0 Å². The highest BCUT2D eigenvalue weighted by Crippen LogP contribution is 2.46. The van der Waals surface area contributed by atoms with E-state index in [4.69, 9.17) is 11.0 Å². The Kier molecular flexibility index (Phi) is 4.31. The van der Waals surface area contributed by atoms with Crippen LogP contribution < -0.4 is 5.73 Å². The zero-order valence-electron chi connectivity index (χ0n) is 10.2. The van der Waals surface area contributed by atoms with Crippen LogP contribution in [0.4, 0.5) is 0 Å². The van der Waals surface area contributed by atoms with Crippen molar-refractivity contribution in [1.29, 1.82) is 5.26 Å². The van der Waals surface area contributed by atoms with Crippen molar-refractivity contribution in [3.63, 3.8) is 0 Å². The molecular formula is C12H21N3O. The maximum atomic E-state index is 12.2. The first kappa shape index (κ1) is 13.0. The summed E-state index contributed by atoms with van der Waals surface area (Å²) in [5, 5.41) is 8.59. The van der Waals surface area contributed by atoms with Gasteiger partial charge in [0, 0.05) is 19.6 Å². The lowest BCUT2D eigenvalue weighted by Gasteiger charge is -2.27. The first-order valence-corrected chi connectivity index (χ1v) is 5.92. The van der Waals surface area contributed by atoms with Crippen LogP contribution in [0.5, 0.6) is 0 Å². The maximum Gasteiger partial charge on any atom is 0.230 e. The number of amides is 1. The molecule has 1 aliphatic rings. The smallest absolute Gasteiger partial charge is 0.230 e. The van der Waals surface area contributed by atoms with Crippen LogP contribution in [0.2, 0.25) is 0 Å². The Hall–Kier alpha value is -1.08. The fourth-order valence-electron chi connectivity index (χ4n) is 1.89. The number of nitriles is 1. The van der Waals surface area contributed by atoms with Gasteiger partial charge in [0.05, 0.1) is 17.9 Å². The van der Waals surface area contributed by atoms with E-state index in [1.165, 1.54) is 0 Å². The monoisotopic (exact) mass is 223 g/mol. The van der Waals surface area contributed by atoms with E-state index in [1.54, 1.807) is 0 Å². The van der Waals surface area contributed by atoms with E-state index in [9.17, 15) is 4.79 Å². The number of nitrogens with two attached hydrogens (primary N) is 1. The van der Waals surface area contributed by atoms with Gasteiger partial charge in [-0.1, -0.05) is 13.8 Å². The summed E-state index contributed by atoms with van der Waals surface area (Å²) < 4.78 is 0. The Morgan fingerprint density at radius 1 is 1.56 bits per heavy atom. The normalized spacial score (nSPS) is 16.9. The van der Waals surface area contributed by atoms with Crippen LogP contribution in [0.3, 0.4) is 0 Å². The van der Waals surface area contributed by atoms with E-state index in [0.717, 1.165) is 19.4 Å². The largest absolute Gasteiger partial charge is 0.341 e. The average molecular weight is 223 g/mol. The molecule has 1 fully saturated rings. The SMILES string of the molecule is CC(C)CN(CCC#N)C(=O)C1(CN)CC1. The molecule has 0 aromatic rings. The molecule has 1 amide bonds. The number of carbonyl (C=O) groups is 1. The van der Waals surface area contributed by atoms with E-state index in [1.807, 2.05) is 4.90 Å². The molecule has 0 radical (unpaired) electrons. The molecule has 1 saturated carbocycles. The van der Waals surface area contributed by atoms with Crippen molar-refractivity contribution in [2.24, 2.45) is 17.1 Å². The molecule has 0 aliphatic heterocycles. The fourth-order valence-corrected chi connectivity index (χ4v) is 1.89. The van der Waals surface area contributed by atoms with Gasteiger partial charge in [-0.25, -0.2) is 0 Å². The molecule has 16 heavy (non-hydrogen) atoms. The second kappa shape index (κ2) is 5.31. The molecule has 0 aromatic carbocycles. The lowest BCUT2D eigenvalue weighted by atomic mass is 10.0. The molecule has 1 rings (SSSR count). The van der Waals surface area contributed by atoms with Crippen LogP contribution in [0, 0.1) is 22.7 Å². The molecular weight excluding hydrogens is 202 g/mol. The minimum Gasteiger partial charge on any atom is -0.341 e. The molecule has 4 nitrogen and oxygen atoms in total. The van der Waals surface area contributed by atoms with Crippen molar-refractivity contribution in [3.8, 4) is 6.07 Å². The number of nitrogens with zero attached hydrogens (tertiary/aromatic N) is 2. The minimum absolute atomic E-state index is 0.152. The first-order chi connectivity index (χ1) is 7.55. The van der Waals surface area contributed by atoms with Gasteiger partial charge < -0.3 is 10.6 Å². The lowest BCUT2D eigenvalue weighted by molar-refractivity contribution is -0.137. The number of rotatable bonds is 6. The molecule has 0 atom stereocenters. The lowest BCUT2D eigenvalue weighted by Crippen LogP contribution is -2.42. The predicted octanol–water partition coefficient (Wildman–Crippen LogP) is 1.12. The number of hydrogen-bond acceptors (Lipinski definition) is 3. The molecule has 0 spiro atoms. The van der Waals surface area contributed by atoms with Gasteiger partial charge in [0.1, 0.15) is 0 Å². The summed E-state index contributed by atoms with van der Waals surface area (Å²) in [5.41, 5.74) is 5.37.